The van der Waals surface area contributed by atoms with Crippen molar-refractivity contribution in [3.8, 4) is 5.75 Å². The standard InChI is InChI=1S/C12H17FO3/c1-15-6-2-3-7-16-12-5-4-11(13)8-10(12)9-14/h4-5,8,14H,2-3,6-7,9H2,1H3. The number of halogens is 1. The fourth-order valence-electron chi connectivity index (χ4n) is 1.34. The van der Waals surface area contributed by atoms with Crippen molar-refractivity contribution in [3.05, 3.63) is 29.6 Å². The summed E-state index contributed by atoms with van der Waals surface area (Å²) in [6.07, 6.45) is 1.79. The maximum Gasteiger partial charge on any atom is 0.125 e. The lowest BCUT2D eigenvalue weighted by Crippen LogP contribution is -2.02. The van der Waals surface area contributed by atoms with E-state index >= 15 is 0 Å². The predicted molar refractivity (Wildman–Crippen MR) is 58.9 cm³/mol. The highest BCUT2D eigenvalue weighted by Crippen LogP contribution is 2.19. The SMILES string of the molecule is COCCCCOc1ccc(F)cc1CO. The summed E-state index contributed by atoms with van der Waals surface area (Å²) < 4.78 is 23.2. The lowest BCUT2D eigenvalue weighted by molar-refractivity contribution is 0.183. The molecule has 1 N–H and O–H groups in total. The molecule has 0 radical (unpaired) electrons. The van der Waals surface area contributed by atoms with Gasteiger partial charge in [-0.25, -0.2) is 4.39 Å². The Morgan fingerprint density at radius 2 is 2.00 bits per heavy atom. The number of ether oxygens (including phenoxy) is 2. The van der Waals surface area contributed by atoms with Crippen LogP contribution in [0.1, 0.15) is 18.4 Å². The van der Waals surface area contributed by atoms with Gasteiger partial charge in [-0.3, -0.25) is 0 Å². The van der Waals surface area contributed by atoms with Crippen LogP contribution in [0.3, 0.4) is 0 Å². The zero-order valence-electron chi connectivity index (χ0n) is 9.41. The van der Waals surface area contributed by atoms with Gasteiger partial charge < -0.3 is 14.6 Å². The van der Waals surface area contributed by atoms with E-state index in [-0.39, 0.29) is 12.4 Å². The fourth-order valence-corrected chi connectivity index (χ4v) is 1.34. The first-order valence-corrected chi connectivity index (χ1v) is 5.29. The minimum absolute atomic E-state index is 0.217. The van der Waals surface area contributed by atoms with Gasteiger partial charge in [0.2, 0.25) is 0 Å². The molecule has 0 unspecified atom stereocenters. The average molecular weight is 228 g/mol. The Kier molecular flexibility index (Phi) is 5.82. The van der Waals surface area contributed by atoms with Crippen LogP contribution in [0.15, 0.2) is 18.2 Å². The highest BCUT2D eigenvalue weighted by molar-refractivity contribution is 5.33. The van der Waals surface area contributed by atoms with E-state index in [1.54, 1.807) is 7.11 Å². The van der Waals surface area contributed by atoms with Crippen molar-refractivity contribution in [1.29, 1.82) is 0 Å². The van der Waals surface area contributed by atoms with Gasteiger partial charge in [-0.2, -0.15) is 0 Å². The van der Waals surface area contributed by atoms with Crippen LogP contribution < -0.4 is 4.74 Å². The summed E-state index contributed by atoms with van der Waals surface area (Å²) in [6.45, 7) is 1.03. The summed E-state index contributed by atoms with van der Waals surface area (Å²) in [6, 6.07) is 4.14. The van der Waals surface area contributed by atoms with E-state index in [0.717, 1.165) is 12.8 Å². The molecule has 4 heteroatoms. The molecular formula is C12H17FO3. The Balaban J connectivity index is 2.41. The van der Waals surface area contributed by atoms with Crippen molar-refractivity contribution in [2.45, 2.75) is 19.4 Å². The summed E-state index contributed by atoms with van der Waals surface area (Å²) in [7, 11) is 1.66. The lowest BCUT2D eigenvalue weighted by atomic mass is 10.2. The van der Waals surface area contributed by atoms with Crippen LogP contribution in [0.4, 0.5) is 4.39 Å². The Morgan fingerprint density at radius 3 is 2.69 bits per heavy atom. The molecule has 0 aliphatic carbocycles. The van der Waals surface area contributed by atoms with E-state index in [0.29, 0.717) is 24.5 Å². The molecule has 0 heterocycles. The Labute approximate surface area is 94.8 Å². The molecule has 3 nitrogen and oxygen atoms in total. The van der Waals surface area contributed by atoms with Crippen molar-refractivity contribution in [2.75, 3.05) is 20.3 Å². The second kappa shape index (κ2) is 7.19. The van der Waals surface area contributed by atoms with Gasteiger partial charge in [0.25, 0.3) is 0 Å². The predicted octanol–water partition coefficient (Wildman–Crippen LogP) is 2.12. The number of methoxy groups -OCH3 is 1. The minimum Gasteiger partial charge on any atom is -0.493 e. The van der Waals surface area contributed by atoms with E-state index in [9.17, 15) is 4.39 Å². The average Bonchev–Trinajstić information content (AvgIpc) is 2.30. The van der Waals surface area contributed by atoms with E-state index < -0.39 is 0 Å². The molecule has 1 aromatic carbocycles. The van der Waals surface area contributed by atoms with Gasteiger partial charge in [0.05, 0.1) is 13.2 Å². The van der Waals surface area contributed by atoms with Gasteiger partial charge in [-0.15, -0.1) is 0 Å². The zero-order chi connectivity index (χ0) is 11.8. The van der Waals surface area contributed by atoms with Gasteiger partial charge in [-0.1, -0.05) is 0 Å². The second-order valence-corrected chi connectivity index (χ2v) is 3.46. The third kappa shape index (κ3) is 4.16. The molecule has 0 atom stereocenters. The van der Waals surface area contributed by atoms with Gasteiger partial charge in [-0.05, 0) is 31.0 Å². The summed E-state index contributed by atoms with van der Waals surface area (Å²) in [4.78, 5) is 0. The third-order valence-electron chi connectivity index (χ3n) is 2.19. The van der Waals surface area contributed by atoms with Crippen LogP contribution >= 0.6 is 0 Å². The molecule has 0 amide bonds. The number of hydrogen-bond acceptors (Lipinski definition) is 3. The highest BCUT2D eigenvalue weighted by Gasteiger charge is 2.04. The summed E-state index contributed by atoms with van der Waals surface area (Å²) in [5, 5.41) is 9.02. The van der Waals surface area contributed by atoms with Gasteiger partial charge in [0.15, 0.2) is 0 Å². The molecule has 0 bridgehead atoms. The van der Waals surface area contributed by atoms with Crippen molar-refractivity contribution >= 4 is 0 Å². The monoisotopic (exact) mass is 228 g/mol. The first-order valence-electron chi connectivity index (χ1n) is 5.29. The number of aliphatic hydroxyl groups excluding tert-OH is 1. The molecule has 1 aromatic rings. The van der Waals surface area contributed by atoms with E-state index in [1.165, 1.54) is 18.2 Å². The molecule has 0 aromatic heterocycles. The van der Waals surface area contributed by atoms with Crippen molar-refractivity contribution in [2.24, 2.45) is 0 Å². The quantitative estimate of drug-likeness (QED) is 0.726. The summed E-state index contributed by atoms with van der Waals surface area (Å²) >= 11 is 0. The minimum atomic E-state index is -0.365. The van der Waals surface area contributed by atoms with E-state index in [2.05, 4.69) is 0 Å². The fraction of sp³-hybridized carbons (Fsp3) is 0.500. The summed E-state index contributed by atoms with van der Waals surface area (Å²) in [5.41, 5.74) is 0.478. The number of unbranched alkanes of at least 4 members (excludes halogenated alkanes) is 1. The highest BCUT2D eigenvalue weighted by atomic mass is 19.1. The van der Waals surface area contributed by atoms with Crippen LogP contribution in [-0.4, -0.2) is 25.4 Å². The van der Waals surface area contributed by atoms with Crippen molar-refractivity contribution in [3.63, 3.8) is 0 Å². The van der Waals surface area contributed by atoms with Gasteiger partial charge in [0, 0.05) is 19.3 Å². The van der Waals surface area contributed by atoms with Crippen LogP contribution in [-0.2, 0) is 11.3 Å². The molecule has 0 saturated carbocycles. The normalized spacial score (nSPS) is 10.4. The molecule has 0 spiro atoms. The maximum atomic E-state index is 12.8. The van der Waals surface area contributed by atoms with Crippen LogP contribution in [0, 0.1) is 5.82 Å². The summed E-state index contributed by atoms with van der Waals surface area (Å²) in [5.74, 6) is 0.178. The number of aliphatic hydroxyl groups is 1. The maximum absolute atomic E-state index is 12.8. The third-order valence-corrected chi connectivity index (χ3v) is 2.19. The molecule has 16 heavy (non-hydrogen) atoms. The van der Waals surface area contributed by atoms with E-state index in [4.69, 9.17) is 14.6 Å². The van der Waals surface area contributed by atoms with Gasteiger partial charge in [0.1, 0.15) is 11.6 Å². The van der Waals surface area contributed by atoms with E-state index in [1.807, 2.05) is 0 Å². The molecule has 0 saturated heterocycles. The molecule has 0 fully saturated rings. The number of benzene rings is 1. The Hall–Kier alpha value is -1.13. The van der Waals surface area contributed by atoms with Crippen molar-refractivity contribution in [1.82, 2.24) is 0 Å². The van der Waals surface area contributed by atoms with Crippen LogP contribution in [0.25, 0.3) is 0 Å². The molecular weight excluding hydrogens is 211 g/mol. The second-order valence-electron chi connectivity index (χ2n) is 3.46. The number of hydrogen-bond donors (Lipinski definition) is 1. The first kappa shape index (κ1) is 12.9. The largest absolute Gasteiger partial charge is 0.493 e. The van der Waals surface area contributed by atoms with Crippen molar-refractivity contribution < 1.29 is 19.0 Å². The molecule has 90 valence electrons. The Morgan fingerprint density at radius 1 is 1.25 bits per heavy atom. The lowest BCUT2D eigenvalue weighted by Gasteiger charge is -2.09. The Bertz CT molecular complexity index is 315. The smallest absolute Gasteiger partial charge is 0.125 e. The molecule has 0 aliphatic rings. The van der Waals surface area contributed by atoms with Crippen LogP contribution in [0.5, 0.6) is 5.75 Å². The van der Waals surface area contributed by atoms with Crippen LogP contribution in [0.2, 0.25) is 0 Å². The number of rotatable bonds is 7. The molecule has 0 aliphatic heterocycles. The zero-order valence-corrected chi connectivity index (χ0v) is 9.41. The van der Waals surface area contributed by atoms with Gasteiger partial charge >= 0.3 is 0 Å². The molecule has 1 rings (SSSR count). The first-order chi connectivity index (χ1) is 7.77. The topological polar surface area (TPSA) is 38.7 Å².